The van der Waals surface area contributed by atoms with Crippen molar-refractivity contribution >= 4 is 17.9 Å². The summed E-state index contributed by atoms with van der Waals surface area (Å²) in [5.74, 6) is -0.891. The van der Waals surface area contributed by atoms with Crippen LogP contribution in [0.1, 0.15) is 323 Å². The van der Waals surface area contributed by atoms with Crippen LogP contribution < -0.4 is 0 Å². The standard InChI is InChI=1S/C70H122O6/c1-4-7-10-13-16-19-22-25-28-31-33-34-35-36-38-39-42-45-48-51-54-57-60-63-69(72)75-66-67(65-74-68(71)62-59-56-53-50-47-44-41-30-27-24-21-18-15-12-9-6-3)76-70(73)64-61-58-55-52-49-46-43-40-37-32-29-26-23-20-17-14-11-8-5-2/h7,10,16,19,25-26,28-30,33-34,36,38,41,67H,4-6,8-9,11-15,17-18,20-24,27,31-32,35,37,39-40,42-66H2,1-3H3/b10-7-,19-16-,28-25-,29-26-,34-33-,38-36-,41-30-. The predicted octanol–water partition coefficient (Wildman–Crippen LogP) is 22.3. The van der Waals surface area contributed by atoms with Crippen LogP contribution in [0.25, 0.3) is 0 Å². The van der Waals surface area contributed by atoms with Crippen LogP contribution in [-0.4, -0.2) is 37.2 Å². The molecule has 0 aliphatic carbocycles. The summed E-state index contributed by atoms with van der Waals surface area (Å²) in [5, 5.41) is 0. The Morgan fingerprint density at radius 2 is 0.513 bits per heavy atom. The molecule has 0 saturated heterocycles. The van der Waals surface area contributed by atoms with E-state index in [0.29, 0.717) is 19.3 Å². The lowest BCUT2D eigenvalue weighted by Crippen LogP contribution is -2.30. The van der Waals surface area contributed by atoms with Crippen molar-refractivity contribution in [1.29, 1.82) is 0 Å². The van der Waals surface area contributed by atoms with Crippen molar-refractivity contribution < 1.29 is 28.6 Å². The first-order valence-electron chi connectivity index (χ1n) is 32.6. The molecule has 438 valence electrons. The van der Waals surface area contributed by atoms with E-state index in [-0.39, 0.29) is 31.1 Å². The van der Waals surface area contributed by atoms with Crippen LogP contribution >= 0.6 is 0 Å². The van der Waals surface area contributed by atoms with E-state index in [2.05, 4.69) is 106 Å². The van der Waals surface area contributed by atoms with Gasteiger partial charge in [-0.15, -0.1) is 0 Å². The van der Waals surface area contributed by atoms with E-state index in [1.807, 2.05) is 0 Å². The molecule has 1 unspecified atom stereocenters. The minimum absolute atomic E-state index is 0.0837. The highest BCUT2D eigenvalue weighted by molar-refractivity contribution is 5.71. The zero-order valence-corrected chi connectivity index (χ0v) is 50.3. The van der Waals surface area contributed by atoms with Crippen LogP contribution in [-0.2, 0) is 28.6 Å². The average Bonchev–Trinajstić information content (AvgIpc) is 3.42. The largest absolute Gasteiger partial charge is 0.462 e. The summed E-state index contributed by atoms with van der Waals surface area (Å²) in [6.07, 6.45) is 84.4. The Bertz CT molecular complexity index is 1450. The minimum atomic E-state index is -0.787. The number of allylic oxidation sites excluding steroid dienone is 14. The third kappa shape index (κ3) is 61.4. The summed E-state index contributed by atoms with van der Waals surface area (Å²) in [6, 6.07) is 0. The summed E-state index contributed by atoms with van der Waals surface area (Å²) in [6.45, 7) is 6.54. The van der Waals surface area contributed by atoms with Crippen molar-refractivity contribution in [1.82, 2.24) is 0 Å². The number of unbranched alkanes of at least 4 members (excludes halogenated alkanes) is 34. The Hall–Kier alpha value is -3.41. The lowest BCUT2D eigenvalue weighted by Gasteiger charge is -2.18. The normalized spacial score (nSPS) is 12.6. The number of carbonyl (C=O) groups is 3. The number of rotatable bonds is 59. The van der Waals surface area contributed by atoms with Gasteiger partial charge in [0.25, 0.3) is 0 Å². The number of carbonyl (C=O) groups excluding carboxylic acids is 3. The molecule has 0 aliphatic heterocycles. The Labute approximate surface area is 471 Å². The first-order valence-corrected chi connectivity index (χ1v) is 32.6. The highest BCUT2D eigenvalue weighted by Crippen LogP contribution is 2.16. The van der Waals surface area contributed by atoms with Gasteiger partial charge >= 0.3 is 17.9 Å². The van der Waals surface area contributed by atoms with Crippen molar-refractivity contribution in [2.75, 3.05) is 13.2 Å². The van der Waals surface area contributed by atoms with Gasteiger partial charge in [-0.1, -0.05) is 273 Å². The molecule has 0 radical (unpaired) electrons. The first-order chi connectivity index (χ1) is 37.5. The molecular weight excluding hydrogens is 937 g/mol. The molecule has 1 atom stereocenters. The van der Waals surface area contributed by atoms with Gasteiger partial charge < -0.3 is 14.2 Å². The molecule has 6 heteroatoms. The van der Waals surface area contributed by atoms with E-state index >= 15 is 0 Å². The smallest absolute Gasteiger partial charge is 0.306 e. The monoisotopic (exact) mass is 1060 g/mol. The maximum Gasteiger partial charge on any atom is 0.306 e. The van der Waals surface area contributed by atoms with E-state index in [1.54, 1.807) is 0 Å². The predicted molar refractivity (Wildman–Crippen MR) is 330 cm³/mol. The van der Waals surface area contributed by atoms with Gasteiger partial charge in [-0.25, -0.2) is 0 Å². The molecule has 0 aromatic carbocycles. The summed E-state index contributed by atoms with van der Waals surface area (Å²) in [7, 11) is 0. The molecule has 0 fully saturated rings. The van der Waals surface area contributed by atoms with Crippen molar-refractivity contribution in [3.05, 3.63) is 85.1 Å². The average molecular weight is 1060 g/mol. The number of ether oxygens (including phenoxy) is 3. The summed E-state index contributed by atoms with van der Waals surface area (Å²) >= 11 is 0. The Kier molecular flexibility index (Phi) is 61.2. The topological polar surface area (TPSA) is 78.9 Å². The molecule has 76 heavy (non-hydrogen) atoms. The molecule has 0 aromatic rings. The van der Waals surface area contributed by atoms with Crippen molar-refractivity contribution in [3.63, 3.8) is 0 Å². The molecule has 0 heterocycles. The van der Waals surface area contributed by atoms with Crippen molar-refractivity contribution in [2.24, 2.45) is 0 Å². The molecular formula is C70H122O6. The van der Waals surface area contributed by atoms with E-state index in [9.17, 15) is 14.4 Å². The molecule has 0 aromatic heterocycles. The maximum absolute atomic E-state index is 12.9. The van der Waals surface area contributed by atoms with Gasteiger partial charge in [-0.3, -0.25) is 14.4 Å². The second kappa shape index (κ2) is 64.1. The van der Waals surface area contributed by atoms with Crippen LogP contribution in [0.4, 0.5) is 0 Å². The fourth-order valence-electron chi connectivity index (χ4n) is 9.23. The van der Waals surface area contributed by atoms with Gasteiger partial charge in [-0.2, -0.15) is 0 Å². The zero-order chi connectivity index (χ0) is 55.0. The summed E-state index contributed by atoms with van der Waals surface area (Å²) < 4.78 is 16.9. The van der Waals surface area contributed by atoms with Crippen LogP contribution in [0.15, 0.2) is 85.1 Å². The molecule has 0 amide bonds. The highest BCUT2D eigenvalue weighted by atomic mass is 16.6. The van der Waals surface area contributed by atoms with Crippen LogP contribution in [0.3, 0.4) is 0 Å². The van der Waals surface area contributed by atoms with E-state index in [4.69, 9.17) is 14.2 Å². The van der Waals surface area contributed by atoms with Gasteiger partial charge in [0.15, 0.2) is 6.10 Å². The van der Waals surface area contributed by atoms with Gasteiger partial charge in [0, 0.05) is 19.3 Å². The molecule has 0 spiro atoms. The van der Waals surface area contributed by atoms with Crippen LogP contribution in [0.5, 0.6) is 0 Å². The lowest BCUT2D eigenvalue weighted by molar-refractivity contribution is -0.167. The fraction of sp³-hybridized carbons (Fsp3) is 0.757. The highest BCUT2D eigenvalue weighted by Gasteiger charge is 2.19. The molecule has 0 aliphatic rings. The minimum Gasteiger partial charge on any atom is -0.462 e. The maximum atomic E-state index is 12.9. The molecule has 6 nitrogen and oxygen atoms in total. The third-order valence-electron chi connectivity index (χ3n) is 14.1. The van der Waals surface area contributed by atoms with Crippen LogP contribution in [0, 0.1) is 0 Å². The SMILES string of the molecule is CC/C=C\C/C=C\C/C=C\C/C=C\C/C=C\CCCCCCCCCC(=O)OCC(COC(=O)CCCCCCC/C=C\CCCCCCCCC)OC(=O)CCCCCCCCCCC/C=C\CCCCCCCC. The third-order valence-corrected chi connectivity index (χ3v) is 14.1. The Morgan fingerprint density at radius 3 is 0.816 bits per heavy atom. The van der Waals surface area contributed by atoms with E-state index < -0.39 is 6.10 Å². The summed E-state index contributed by atoms with van der Waals surface area (Å²) in [4.78, 5) is 38.4. The lowest BCUT2D eigenvalue weighted by atomic mass is 10.1. The van der Waals surface area contributed by atoms with Gasteiger partial charge in [-0.05, 0) is 116 Å². The quantitative estimate of drug-likeness (QED) is 0.0261. The van der Waals surface area contributed by atoms with Gasteiger partial charge in [0.2, 0.25) is 0 Å². The Balaban J connectivity index is 4.39. The molecule has 0 bridgehead atoms. The molecule has 0 N–H and O–H groups in total. The van der Waals surface area contributed by atoms with Crippen LogP contribution in [0.2, 0.25) is 0 Å². The van der Waals surface area contributed by atoms with Crippen molar-refractivity contribution in [3.8, 4) is 0 Å². The number of esters is 3. The summed E-state index contributed by atoms with van der Waals surface area (Å²) in [5.41, 5.74) is 0. The van der Waals surface area contributed by atoms with Gasteiger partial charge in [0.1, 0.15) is 13.2 Å². The van der Waals surface area contributed by atoms with Crippen molar-refractivity contribution in [2.45, 2.75) is 329 Å². The second-order valence-electron chi connectivity index (χ2n) is 21.6. The second-order valence-corrected chi connectivity index (χ2v) is 21.6. The first kappa shape index (κ1) is 72.6. The number of hydrogen-bond acceptors (Lipinski definition) is 6. The zero-order valence-electron chi connectivity index (χ0n) is 50.3. The Morgan fingerprint density at radius 1 is 0.276 bits per heavy atom. The van der Waals surface area contributed by atoms with E-state index in [1.165, 1.54) is 180 Å². The van der Waals surface area contributed by atoms with E-state index in [0.717, 1.165) is 103 Å². The molecule has 0 saturated carbocycles. The fourth-order valence-corrected chi connectivity index (χ4v) is 9.23. The van der Waals surface area contributed by atoms with Gasteiger partial charge in [0.05, 0.1) is 0 Å². The molecule has 0 rings (SSSR count). The number of hydrogen-bond donors (Lipinski definition) is 0.